The fourth-order valence-electron chi connectivity index (χ4n) is 2.23. The SMILES string of the molecule is CCNC(c1ccc(Br)cc1Br)c1ccccc1OC. The second kappa shape index (κ2) is 7.25. The highest BCUT2D eigenvalue weighted by molar-refractivity contribution is 9.11. The molecule has 0 aliphatic rings. The summed E-state index contributed by atoms with van der Waals surface area (Å²) in [7, 11) is 1.71. The number of ether oxygens (including phenoxy) is 1. The molecule has 2 nitrogen and oxygen atoms in total. The van der Waals surface area contributed by atoms with Gasteiger partial charge in [-0.2, -0.15) is 0 Å². The standard InChI is InChI=1S/C16H17Br2NO/c1-3-19-16(12-9-8-11(17)10-14(12)18)13-6-4-5-7-15(13)20-2/h4-10,16,19H,3H2,1-2H3. The Labute approximate surface area is 136 Å². The Kier molecular flexibility index (Phi) is 5.64. The van der Waals surface area contributed by atoms with Crippen molar-refractivity contribution >= 4 is 31.9 Å². The van der Waals surface area contributed by atoms with E-state index in [-0.39, 0.29) is 6.04 Å². The quantitative estimate of drug-likeness (QED) is 0.771. The van der Waals surface area contributed by atoms with Crippen LogP contribution in [0.25, 0.3) is 0 Å². The molecule has 1 N–H and O–H groups in total. The van der Waals surface area contributed by atoms with E-state index < -0.39 is 0 Å². The molecule has 1 unspecified atom stereocenters. The zero-order valence-electron chi connectivity index (χ0n) is 11.5. The van der Waals surface area contributed by atoms with Gasteiger partial charge >= 0.3 is 0 Å². The summed E-state index contributed by atoms with van der Waals surface area (Å²) in [6, 6.07) is 14.4. The minimum absolute atomic E-state index is 0.0959. The normalized spacial score (nSPS) is 12.2. The minimum Gasteiger partial charge on any atom is -0.496 e. The molecule has 0 aliphatic heterocycles. The van der Waals surface area contributed by atoms with Crippen LogP contribution in [0.2, 0.25) is 0 Å². The van der Waals surface area contributed by atoms with Crippen LogP contribution in [-0.2, 0) is 0 Å². The number of rotatable bonds is 5. The molecule has 4 heteroatoms. The third-order valence-electron chi connectivity index (χ3n) is 3.13. The van der Waals surface area contributed by atoms with Crippen LogP contribution in [-0.4, -0.2) is 13.7 Å². The Hall–Kier alpha value is -0.840. The summed E-state index contributed by atoms with van der Waals surface area (Å²) < 4.78 is 7.62. The Balaban J connectivity index is 2.50. The van der Waals surface area contributed by atoms with Crippen LogP contribution in [0.5, 0.6) is 5.75 Å². The molecule has 0 saturated heterocycles. The first kappa shape index (κ1) is 15.5. The maximum absolute atomic E-state index is 5.49. The van der Waals surface area contributed by atoms with E-state index in [0.29, 0.717) is 0 Å². The van der Waals surface area contributed by atoms with Gasteiger partial charge in [-0.15, -0.1) is 0 Å². The van der Waals surface area contributed by atoms with E-state index in [1.165, 1.54) is 5.56 Å². The highest BCUT2D eigenvalue weighted by atomic mass is 79.9. The molecule has 2 rings (SSSR count). The predicted octanol–water partition coefficient (Wildman–Crippen LogP) is 4.92. The number of benzene rings is 2. The van der Waals surface area contributed by atoms with Crippen molar-refractivity contribution in [1.82, 2.24) is 5.32 Å². The lowest BCUT2D eigenvalue weighted by Gasteiger charge is -2.22. The van der Waals surface area contributed by atoms with Gasteiger partial charge in [0.25, 0.3) is 0 Å². The lowest BCUT2D eigenvalue weighted by atomic mass is 9.98. The van der Waals surface area contributed by atoms with Gasteiger partial charge in [-0.1, -0.05) is 63.0 Å². The van der Waals surface area contributed by atoms with E-state index in [1.54, 1.807) is 7.11 Å². The summed E-state index contributed by atoms with van der Waals surface area (Å²) >= 11 is 7.14. The van der Waals surface area contributed by atoms with Crippen LogP contribution in [0.4, 0.5) is 0 Å². The van der Waals surface area contributed by atoms with Gasteiger partial charge in [-0.05, 0) is 30.3 Å². The van der Waals surface area contributed by atoms with Crippen molar-refractivity contribution < 1.29 is 4.74 Å². The van der Waals surface area contributed by atoms with E-state index in [1.807, 2.05) is 18.2 Å². The maximum atomic E-state index is 5.49. The van der Waals surface area contributed by atoms with Crippen molar-refractivity contribution in [2.45, 2.75) is 13.0 Å². The second-order valence-corrected chi connectivity index (χ2v) is 6.17. The van der Waals surface area contributed by atoms with E-state index in [2.05, 4.69) is 68.4 Å². The minimum atomic E-state index is 0.0959. The van der Waals surface area contributed by atoms with Gasteiger partial charge < -0.3 is 10.1 Å². The summed E-state index contributed by atoms with van der Waals surface area (Å²) in [5.74, 6) is 0.897. The number of nitrogens with one attached hydrogen (secondary N) is 1. The fraction of sp³-hybridized carbons (Fsp3) is 0.250. The number of methoxy groups -OCH3 is 1. The molecule has 0 radical (unpaired) electrons. The fourth-order valence-corrected chi connectivity index (χ4v) is 3.51. The van der Waals surface area contributed by atoms with E-state index in [0.717, 1.165) is 26.8 Å². The highest BCUT2D eigenvalue weighted by Crippen LogP contribution is 2.34. The average Bonchev–Trinajstić information content (AvgIpc) is 2.45. The van der Waals surface area contributed by atoms with Crippen LogP contribution >= 0.6 is 31.9 Å². The highest BCUT2D eigenvalue weighted by Gasteiger charge is 2.19. The molecular formula is C16H17Br2NO. The van der Waals surface area contributed by atoms with Crippen molar-refractivity contribution in [2.75, 3.05) is 13.7 Å². The molecule has 20 heavy (non-hydrogen) atoms. The third kappa shape index (κ3) is 3.43. The first-order chi connectivity index (χ1) is 9.67. The van der Waals surface area contributed by atoms with Gasteiger partial charge in [0.15, 0.2) is 0 Å². The number of hydrogen-bond acceptors (Lipinski definition) is 2. The smallest absolute Gasteiger partial charge is 0.123 e. The molecule has 0 fully saturated rings. The van der Waals surface area contributed by atoms with Gasteiger partial charge in [0.2, 0.25) is 0 Å². The predicted molar refractivity (Wildman–Crippen MR) is 90.4 cm³/mol. The molecule has 0 heterocycles. The molecule has 1 atom stereocenters. The monoisotopic (exact) mass is 397 g/mol. The van der Waals surface area contributed by atoms with Gasteiger partial charge in [0, 0.05) is 14.5 Å². The zero-order chi connectivity index (χ0) is 14.5. The van der Waals surface area contributed by atoms with Crippen LogP contribution in [0, 0.1) is 0 Å². The Morgan fingerprint density at radius 2 is 1.85 bits per heavy atom. The first-order valence-electron chi connectivity index (χ1n) is 6.48. The third-order valence-corrected chi connectivity index (χ3v) is 4.31. The average molecular weight is 399 g/mol. The molecular weight excluding hydrogens is 382 g/mol. The van der Waals surface area contributed by atoms with E-state index in [9.17, 15) is 0 Å². The summed E-state index contributed by atoms with van der Waals surface area (Å²) in [6.45, 7) is 2.99. The zero-order valence-corrected chi connectivity index (χ0v) is 14.7. The number of halogens is 2. The largest absolute Gasteiger partial charge is 0.496 e. The summed E-state index contributed by atoms with van der Waals surface area (Å²) in [6.07, 6.45) is 0. The summed E-state index contributed by atoms with van der Waals surface area (Å²) in [5.41, 5.74) is 2.33. The number of para-hydroxylation sites is 1. The lowest BCUT2D eigenvalue weighted by molar-refractivity contribution is 0.404. The van der Waals surface area contributed by atoms with Gasteiger partial charge in [0.05, 0.1) is 13.2 Å². The molecule has 0 bridgehead atoms. The van der Waals surface area contributed by atoms with Crippen LogP contribution in [0.15, 0.2) is 51.4 Å². The number of hydrogen-bond donors (Lipinski definition) is 1. The molecule has 0 amide bonds. The lowest BCUT2D eigenvalue weighted by Crippen LogP contribution is -2.22. The second-order valence-electron chi connectivity index (χ2n) is 4.40. The Morgan fingerprint density at radius 1 is 1.10 bits per heavy atom. The molecule has 0 spiro atoms. The van der Waals surface area contributed by atoms with Gasteiger partial charge in [0.1, 0.15) is 5.75 Å². The first-order valence-corrected chi connectivity index (χ1v) is 8.07. The van der Waals surface area contributed by atoms with E-state index >= 15 is 0 Å². The van der Waals surface area contributed by atoms with Crippen molar-refractivity contribution in [3.8, 4) is 5.75 Å². The topological polar surface area (TPSA) is 21.3 Å². The van der Waals surface area contributed by atoms with E-state index in [4.69, 9.17) is 4.74 Å². The van der Waals surface area contributed by atoms with Crippen LogP contribution < -0.4 is 10.1 Å². The Morgan fingerprint density at radius 3 is 2.50 bits per heavy atom. The molecule has 2 aromatic rings. The van der Waals surface area contributed by atoms with Crippen molar-refractivity contribution in [3.63, 3.8) is 0 Å². The Bertz CT molecular complexity index is 586. The summed E-state index contributed by atoms with van der Waals surface area (Å²) in [4.78, 5) is 0. The molecule has 0 saturated carbocycles. The molecule has 106 valence electrons. The van der Waals surface area contributed by atoms with Crippen molar-refractivity contribution in [3.05, 3.63) is 62.5 Å². The van der Waals surface area contributed by atoms with Crippen LogP contribution in [0.3, 0.4) is 0 Å². The van der Waals surface area contributed by atoms with Crippen molar-refractivity contribution in [2.24, 2.45) is 0 Å². The summed E-state index contributed by atoms with van der Waals surface area (Å²) in [5, 5.41) is 3.52. The van der Waals surface area contributed by atoms with Crippen molar-refractivity contribution in [1.29, 1.82) is 0 Å². The van der Waals surface area contributed by atoms with Crippen LogP contribution in [0.1, 0.15) is 24.1 Å². The molecule has 2 aromatic carbocycles. The molecule has 0 aliphatic carbocycles. The van der Waals surface area contributed by atoms with Gasteiger partial charge in [-0.25, -0.2) is 0 Å². The maximum Gasteiger partial charge on any atom is 0.123 e. The molecule has 0 aromatic heterocycles. The van der Waals surface area contributed by atoms with Gasteiger partial charge in [-0.3, -0.25) is 0 Å².